The summed E-state index contributed by atoms with van der Waals surface area (Å²) in [6.07, 6.45) is 6.27. The topological polar surface area (TPSA) is 58.2 Å². The fourth-order valence-corrected chi connectivity index (χ4v) is 11.2. The van der Waals surface area contributed by atoms with E-state index >= 15 is 0 Å². The number of thioether (sulfide) groups is 3. The molecule has 0 unspecified atom stereocenters. The summed E-state index contributed by atoms with van der Waals surface area (Å²) < 4.78 is 33.9. The van der Waals surface area contributed by atoms with Crippen LogP contribution < -0.4 is 78.2 Å². The molecular formula is C45H28B3NO5S3. The Labute approximate surface area is 343 Å². The average Bonchev–Trinajstić information content (AvgIpc) is 3.24. The first-order chi connectivity index (χ1) is 28.0. The SMILES string of the molecule is CSc1cc2c3c(c1)Oc1ccccc1B3c1cc3c(cc1N2)Oc1cc(SC)cc2c1B3c1cc3c(cc1O2)Oc1cc(SC)cc2c1B3c1ccccc1O2. The Morgan fingerprint density at radius 1 is 0.351 bits per heavy atom. The fourth-order valence-electron chi connectivity index (χ4n) is 9.80. The lowest BCUT2D eigenvalue weighted by Crippen LogP contribution is -2.63. The van der Waals surface area contributed by atoms with E-state index in [0.29, 0.717) is 0 Å². The predicted octanol–water partition coefficient (Wildman–Crippen LogP) is 5.99. The summed E-state index contributed by atoms with van der Waals surface area (Å²) in [4.78, 5) is 3.32. The highest BCUT2D eigenvalue weighted by Crippen LogP contribution is 2.43. The largest absolute Gasteiger partial charge is 0.458 e. The van der Waals surface area contributed by atoms with Crippen LogP contribution in [0.15, 0.2) is 124 Å². The van der Waals surface area contributed by atoms with Gasteiger partial charge in [-0.3, -0.25) is 0 Å². The fraction of sp³-hybridized carbons (Fsp3) is 0.0667. The molecule has 0 saturated heterocycles. The van der Waals surface area contributed by atoms with Crippen LogP contribution >= 0.6 is 35.3 Å². The number of nitrogens with one attached hydrogen (secondary N) is 1. The molecule has 270 valence electrons. The van der Waals surface area contributed by atoms with Crippen molar-refractivity contribution in [3.05, 3.63) is 109 Å². The van der Waals surface area contributed by atoms with Crippen molar-refractivity contribution >= 4 is 116 Å². The summed E-state index contributed by atoms with van der Waals surface area (Å²) >= 11 is 5.08. The Morgan fingerprint density at radius 3 is 1.28 bits per heavy atom. The molecular weight excluding hydrogens is 763 g/mol. The highest BCUT2D eigenvalue weighted by atomic mass is 32.2. The van der Waals surface area contributed by atoms with Crippen molar-refractivity contribution in [3.63, 3.8) is 0 Å². The van der Waals surface area contributed by atoms with Crippen molar-refractivity contribution in [1.29, 1.82) is 0 Å². The standard InChI is InChI=1S/C45H28B3NO5S3/c1-55-22-12-32-43-38(13-22)50-33-10-6-4-8-25(33)46(43)27-18-28-35(20-31(27)49-32)52-41-16-24(57-3)17-42-45(41)48(28)30-19-29-36(21-37(30)54-42)53-40-15-23(56-2)14-39-44(40)47(29)26-9-5-7-11-34(26)51-39/h4-21,49H,1-3H3. The molecule has 7 aromatic carbocycles. The maximum atomic E-state index is 6.95. The van der Waals surface area contributed by atoms with Gasteiger partial charge in [0.25, 0.3) is 20.1 Å². The zero-order chi connectivity index (χ0) is 37.7. The van der Waals surface area contributed by atoms with Crippen LogP contribution in [0.25, 0.3) is 0 Å². The minimum atomic E-state index is -0.154. The van der Waals surface area contributed by atoms with Crippen molar-refractivity contribution < 1.29 is 23.7 Å². The van der Waals surface area contributed by atoms with Gasteiger partial charge in [0.05, 0.1) is 0 Å². The molecule has 6 heterocycles. The number of ether oxygens (including phenoxy) is 5. The third-order valence-corrected chi connectivity index (χ3v) is 14.4. The van der Waals surface area contributed by atoms with Crippen molar-refractivity contribution in [1.82, 2.24) is 0 Å². The van der Waals surface area contributed by atoms with Crippen LogP contribution in [0.1, 0.15) is 0 Å². The quantitative estimate of drug-likeness (QED) is 0.172. The summed E-state index contributed by atoms with van der Waals surface area (Å²) in [5, 5.41) is 3.82. The van der Waals surface area contributed by atoms with E-state index in [9.17, 15) is 0 Å². The monoisotopic (exact) mass is 791 g/mol. The first-order valence-corrected chi connectivity index (χ1v) is 22.6. The van der Waals surface area contributed by atoms with Crippen LogP contribution in [0.4, 0.5) is 11.4 Å². The molecule has 1 N–H and O–H groups in total. The van der Waals surface area contributed by atoms with E-state index in [0.717, 1.165) is 127 Å². The molecule has 0 bridgehead atoms. The third kappa shape index (κ3) is 4.52. The van der Waals surface area contributed by atoms with E-state index in [4.69, 9.17) is 23.7 Å². The van der Waals surface area contributed by atoms with Crippen molar-refractivity contribution in [2.24, 2.45) is 0 Å². The molecule has 0 fully saturated rings. The van der Waals surface area contributed by atoms with Crippen molar-refractivity contribution in [2.75, 3.05) is 24.1 Å². The van der Waals surface area contributed by atoms with Gasteiger partial charge in [-0.2, -0.15) is 0 Å². The molecule has 6 nitrogen and oxygen atoms in total. The molecule has 12 heteroatoms. The summed E-state index contributed by atoms with van der Waals surface area (Å²) in [6.45, 7) is -0.247. The van der Waals surface area contributed by atoms with E-state index in [-0.39, 0.29) is 20.1 Å². The maximum Gasteiger partial charge on any atom is 0.260 e. The van der Waals surface area contributed by atoms with E-state index in [1.807, 2.05) is 6.07 Å². The Kier molecular flexibility index (Phi) is 6.77. The predicted molar refractivity (Wildman–Crippen MR) is 238 cm³/mol. The summed E-state index contributed by atoms with van der Waals surface area (Å²) in [5.41, 5.74) is 12.1. The van der Waals surface area contributed by atoms with E-state index in [2.05, 4.69) is 127 Å². The van der Waals surface area contributed by atoms with Crippen LogP contribution in [-0.2, 0) is 0 Å². The Morgan fingerprint density at radius 2 is 0.754 bits per heavy atom. The Hall–Kier alpha value is -5.42. The van der Waals surface area contributed by atoms with Gasteiger partial charge < -0.3 is 29.0 Å². The molecule has 0 spiro atoms. The highest BCUT2D eigenvalue weighted by Gasteiger charge is 2.47. The van der Waals surface area contributed by atoms with E-state index in [1.54, 1.807) is 35.3 Å². The molecule has 7 aromatic rings. The molecule has 0 aromatic heterocycles. The van der Waals surface area contributed by atoms with Crippen LogP contribution in [-0.4, -0.2) is 38.9 Å². The number of para-hydroxylation sites is 2. The summed E-state index contributed by atoms with van der Waals surface area (Å²) in [6, 6.07) is 38.9. The van der Waals surface area contributed by atoms with E-state index in [1.165, 1.54) is 5.46 Å². The van der Waals surface area contributed by atoms with Gasteiger partial charge in [-0.15, -0.1) is 35.3 Å². The van der Waals surface area contributed by atoms with Crippen LogP contribution in [0.2, 0.25) is 0 Å². The molecule has 0 radical (unpaired) electrons. The number of hydrogen-bond donors (Lipinski definition) is 1. The molecule has 0 atom stereocenters. The molecule has 0 saturated carbocycles. The Bertz CT molecular complexity index is 2800. The normalized spacial score (nSPS) is 14.5. The molecule has 6 aliphatic heterocycles. The first kappa shape index (κ1) is 32.6. The molecule has 57 heavy (non-hydrogen) atoms. The van der Waals surface area contributed by atoms with Crippen molar-refractivity contribution in [3.8, 4) is 57.5 Å². The Balaban J connectivity index is 1.05. The van der Waals surface area contributed by atoms with Gasteiger partial charge in [-0.05, 0) is 106 Å². The average molecular weight is 791 g/mol. The van der Waals surface area contributed by atoms with Crippen LogP contribution in [0.5, 0.6) is 57.5 Å². The van der Waals surface area contributed by atoms with Crippen LogP contribution in [0.3, 0.4) is 0 Å². The van der Waals surface area contributed by atoms with Crippen molar-refractivity contribution in [2.45, 2.75) is 14.7 Å². The van der Waals surface area contributed by atoms with Gasteiger partial charge in [-0.1, -0.05) is 48.5 Å². The van der Waals surface area contributed by atoms with Gasteiger partial charge in [0.15, 0.2) is 0 Å². The smallest absolute Gasteiger partial charge is 0.260 e. The number of benzene rings is 7. The number of hydrogen-bond acceptors (Lipinski definition) is 9. The second-order valence-electron chi connectivity index (χ2n) is 15.1. The van der Waals surface area contributed by atoms with Gasteiger partial charge in [0.2, 0.25) is 0 Å². The summed E-state index contributed by atoms with van der Waals surface area (Å²) in [7, 11) is 0. The zero-order valence-corrected chi connectivity index (χ0v) is 33.3. The highest BCUT2D eigenvalue weighted by molar-refractivity contribution is 7.99. The lowest BCUT2D eigenvalue weighted by Gasteiger charge is -2.38. The second kappa shape index (κ2) is 11.8. The molecule has 13 rings (SSSR count). The van der Waals surface area contributed by atoms with Gasteiger partial charge >= 0.3 is 0 Å². The van der Waals surface area contributed by atoms with Gasteiger partial charge in [0.1, 0.15) is 57.5 Å². The minimum absolute atomic E-state index is 0.0202. The molecule has 0 aliphatic carbocycles. The number of fused-ring (bicyclic) bond motifs is 12. The molecule has 0 amide bonds. The van der Waals surface area contributed by atoms with Gasteiger partial charge in [0, 0.05) is 49.1 Å². The number of rotatable bonds is 3. The molecule has 6 aliphatic rings. The minimum Gasteiger partial charge on any atom is -0.458 e. The maximum absolute atomic E-state index is 6.95. The zero-order valence-electron chi connectivity index (χ0n) is 30.9. The van der Waals surface area contributed by atoms with Gasteiger partial charge in [-0.25, -0.2) is 0 Å². The lowest BCUT2D eigenvalue weighted by atomic mass is 9.30. The number of anilines is 2. The second-order valence-corrected chi connectivity index (χ2v) is 17.7. The lowest BCUT2D eigenvalue weighted by molar-refractivity contribution is 0.449. The summed E-state index contributed by atoms with van der Waals surface area (Å²) in [5.74, 6) is 8.38. The van der Waals surface area contributed by atoms with E-state index < -0.39 is 0 Å². The van der Waals surface area contributed by atoms with Crippen LogP contribution in [0, 0.1) is 0 Å². The third-order valence-electron chi connectivity index (χ3n) is 12.2. The first-order valence-electron chi connectivity index (χ1n) is 18.9.